The third-order valence-corrected chi connectivity index (χ3v) is 2.96. The Morgan fingerprint density at radius 2 is 1.17 bits per heavy atom. The number of fused-ring (bicyclic) bond motifs is 1. The van der Waals surface area contributed by atoms with Crippen molar-refractivity contribution in [1.29, 1.82) is 0 Å². The molecule has 2 heterocycles. The number of para-hydroxylation sites is 2. The smallest absolute Gasteiger partial charge is 1.00 e. The van der Waals surface area contributed by atoms with Crippen molar-refractivity contribution in [2.24, 2.45) is 0 Å². The zero-order chi connectivity index (χ0) is 18.8. The van der Waals surface area contributed by atoms with E-state index in [9.17, 15) is 17.3 Å². The molecule has 2 aromatic carbocycles. The van der Waals surface area contributed by atoms with Crippen molar-refractivity contribution < 1.29 is 60.1 Å². The van der Waals surface area contributed by atoms with Gasteiger partial charge in [-0.15, -0.1) is 0 Å². The van der Waals surface area contributed by atoms with E-state index in [0.717, 1.165) is 22.6 Å². The minimum Gasteiger partial charge on any atom is -1.00 e. The number of rotatable bonds is 1. The van der Waals surface area contributed by atoms with Crippen LogP contribution in [-0.4, -0.2) is 33.2 Å². The second kappa shape index (κ2) is 16.5. The van der Waals surface area contributed by atoms with Gasteiger partial charge >= 0.3 is 26.7 Å². The third kappa shape index (κ3) is 13.0. The summed E-state index contributed by atoms with van der Waals surface area (Å²) in [6.45, 7) is 0. The average Bonchev–Trinajstić information content (AvgIpc) is 3.07. The van der Waals surface area contributed by atoms with E-state index in [-0.39, 0.29) is 42.8 Å². The second-order valence-corrected chi connectivity index (χ2v) is 4.97. The van der Waals surface area contributed by atoms with E-state index in [4.69, 9.17) is 0 Å². The SMILES string of the molecule is F[B-](F)(F)F.O.O.[Cl-].[Ru+2].c1ccc(-c2nc3ccccc3[nH]2)nc1.c1ccccc1. The summed E-state index contributed by atoms with van der Waals surface area (Å²) in [5.74, 6) is 0.816. The van der Waals surface area contributed by atoms with Gasteiger partial charge in [-0.2, -0.15) is 0 Å². The molecule has 0 aliphatic rings. The van der Waals surface area contributed by atoms with Gasteiger partial charge in [0.1, 0.15) is 5.69 Å². The van der Waals surface area contributed by atoms with Crippen LogP contribution in [-0.2, 0) is 19.5 Å². The number of nitrogens with zero attached hydrogens (tertiary/aromatic N) is 2. The monoisotopic (exact) mass is 533 g/mol. The van der Waals surface area contributed by atoms with Crippen LogP contribution >= 0.6 is 0 Å². The summed E-state index contributed by atoms with van der Waals surface area (Å²) in [4.78, 5) is 12.0. The number of H-pyrrole nitrogens is 1. The summed E-state index contributed by atoms with van der Waals surface area (Å²) in [7, 11) is -6.00. The number of benzene rings is 2. The van der Waals surface area contributed by atoms with Crippen molar-refractivity contribution in [3.05, 3.63) is 85.1 Å². The maximum absolute atomic E-state index is 9.75. The van der Waals surface area contributed by atoms with Gasteiger partial charge in [-0.3, -0.25) is 4.98 Å². The molecule has 0 aliphatic heterocycles. The minimum atomic E-state index is -6.00. The van der Waals surface area contributed by atoms with E-state index in [1.54, 1.807) is 6.20 Å². The van der Waals surface area contributed by atoms with E-state index in [0.29, 0.717) is 0 Å². The molecule has 0 amide bonds. The molecule has 5 N–H and O–H groups in total. The van der Waals surface area contributed by atoms with Crippen LogP contribution in [0.25, 0.3) is 22.6 Å². The molecule has 0 bridgehead atoms. The van der Waals surface area contributed by atoms with Gasteiger partial charge in [0, 0.05) is 6.20 Å². The summed E-state index contributed by atoms with van der Waals surface area (Å²) < 4.78 is 39.0. The molecule has 164 valence electrons. The summed E-state index contributed by atoms with van der Waals surface area (Å²) in [5.41, 5.74) is 2.88. The van der Waals surface area contributed by atoms with Gasteiger partial charge in [0.15, 0.2) is 5.82 Å². The first-order chi connectivity index (χ1) is 12.4. The largest absolute Gasteiger partial charge is 2.00 e. The van der Waals surface area contributed by atoms with Crippen molar-refractivity contribution in [3.63, 3.8) is 0 Å². The van der Waals surface area contributed by atoms with Gasteiger partial charge in [-0.25, -0.2) is 4.98 Å². The van der Waals surface area contributed by atoms with Crippen molar-refractivity contribution in [2.45, 2.75) is 0 Å². The van der Waals surface area contributed by atoms with Crippen LogP contribution in [0.4, 0.5) is 17.3 Å². The predicted molar refractivity (Wildman–Crippen MR) is 103 cm³/mol. The Kier molecular flexibility index (Phi) is 17.8. The normalized spacial score (nSPS) is 8.93. The van der Waals surface area contributed by atoms with E-state index in [1.165, 1.54) is 0 Å². The minimum absolute atomic E-state index is 0. The van der Waals surface area contributed by atoms with Crippen molar-refractivity contribution in [1.82, 2.24) is 15.0 Å². The molecule has 0 radical (unpaired) electrons. The quantitative estimate of drug-likeness (QED) is 0.292. The topological polar surface area (TPSA) is 105 Å². The number of aromatic amines is 1. The summed E-state index contributed by atoms with van der Waals surface area (Å²) in [6.07, 6.45) is 1.77. The van der Waals surface area contributed by atoms with Crippen LogP contribution in [0.1, 0.15) is 0 Å². The van der Waals surface area contributed by atoms with Crippen molar-refractivity contribution >= 4 is 18.3 Å². The maximum Gasteiger partial charge on any atom is 2.00 e. The van der Waals surface area contributed by atoms with Crippen LogP contribution in [0, 0.1) is 0 Å². The molecule has 0 saturated heterocycles. The molecule has 4 rings (SSSR count). The molecular formula is C18H19BClF4N3O2Ru. The molecule has 30 heavy (non-hydrogen) atoms. The molecule has 0 unspecified atom stereocenters. The summed E-state index contributed by atoms with van der Waals surface area (Å²) in [6, 6.07) is 25.8. The Morgan fingerprint density at radius 1 is 0.700 bits per heavy atom. The number of hydrogen-bond donors (Lipinski definition) is 1. The predicted octanol–water partition coefficient (Wildman–Crippen LogP) is 0.964. The first-order valence-corrected chi connectivity index (χ1v) is 7.67. The van der Waals surface area contributed by atoms with Crippen molar-refractivity contribution in [3.8, 4) is 11.5 Å². The van der Waals surface area contributed by atoms with Gasteiger partial charge in [-0.1, -0.05) is 54.6 Å². The van der Waals surface area contributed by atoms with Crippen LogP contribution < -0.4 is 12.4 Å². The molecule has 5 nitrogen and oxygen atoms in total. The Hall–Kier alpha value is -2.32. The number of halogens is 5. The maximum atomic E-state index is 9.75. The molecular weight excluding hydrogens is 514 g/mol. The first-order valence-electron chi connectivity index (χ1n) is 7.67. The van der Waals surface area contributed by atoms with Gasteiger partial charge in [0.25, 0.3) is 0 Å². The standard InChI is InChI=1S/C12H9N3.C6H6.BF4.ClH.2H2O.Ru/c1-2-6-10-9(5-1)14-12(15-10)11-7-3-4-8-13-11;1-2-4-6-5-3-1;2-1(3,4)5;;;;/h1-8H,(H,14,15);1-6H;;1H;2*1H2;/q;;-1;;;;+2/p-1. The fourth-order valence-electron chi connectivity index (χ4n) is 1.96. The zero-order valence-corrected chi connectivity index (χ0v) is 17.8. The van der Waals surface area contributed by atoms with Crippen LogP contribution in [0.3, 0.4) is 0 Å². The number of imidazole rings is 1. The fraction of sp³-hybridized carbons (Fsp3) is 0. The average molecular weight is 533 g/mol. The van der Waals surface area contributed by atoms with Gasteiger partial charge in [0.05, 0.1) is 11.0 Å². The van der Waals surface area contributed by atoms with E-state index in [1.807, 2.05) is 78.9 Å². The second-order valence-electron chi connectivity index (χ2n) is 4.97. The third-order valence-electron chi connectivity index (χ3n) is 2.96. The van der Waals surface area contributed by atoms with Gasteiger partial charge in [0.2, 0.25) is 0 Å². The molecule has 0 aliphatic carbocycles. The van der Waals surface area contributed by atoms with Crippen LogP contribution in [0.5, 0.6) is 0 Å². The van der Waals surface area contributed by atoms with Crippen LogP contribution in [0.2, 0.25) is 0 Å². The molecule has 0 atom stereocenters. The first kappa shape index (κ1) is 32.3. The molecule has 0 saturated carbocycles. The number of nitrogens with one attached hydrogen (secondary N) is 1. The number of pyridine rings is 1. The van der Waals surface area contributed by atoms with E-state index in [2.05, 4.69) is 15.0 Å². The Morgan fingerprint density at radius 3 is 1.60 bits per heavy atom. The summed E-state index contributed by atoms with van der Waals surface area (Å²) in [5, 5.41) is 0. The Bertz CT molecular complexity index is 854. The number of aromatic nitrogens is 3. The van der Waals surface area contributed by atoms with Gasteiger partial charge in [-0.05, 0) is 24.3 Å². The molecule has 2 aromatic heterocycles. The molecule has 0 fully saturated rings. The van der Waals surface area contributed by atoms with Gasteiger partial charge < -0.3 is 45.6 Å². The molecule has 0 spiro atoms. The van der Waals surface area contributed by atoms with Crippen molar-refractivity contribution in [2.75, 3.05) is 0 Å². The molecule has 4 aromatic rings. The summed E-state index contributed by atoms with van der Waals surface area (Å²) >= 11 is 0. The Balaban J connectivity index is -0.000000417. The zero-order valence-electron chi connectivity index (χ0n) is 15.3. The number of hydrogen-bond acceptors (Lipinski definition) is 2. The van der Waals surface area contributed by atoms with E-state index < -0.39 is 7.25 Å². The van der Waals surface area contributed by atoms with Crippen LogP contribution in [0.15, 0.2) is 85.1 Å². The van der Waals surface area contributed by atoms with E-state index >= 15 is 0 Å². The Labute approximate surface area is 189 Å². The molecule has 12 heteroatoms. The fourth-order valence-corrected chi connectivity index (χ4v) is 1.96.